The summed E-state index contributed by atoms with van der Waals surface area (Å²) in [5, 5.41) is 0. The molecule has 1 aliphatic carbocycles. The molecule has 0 aromatic heterocycles. The highest BCUT2D eigenvalue weighted by molar-refractivity contribution is 8.07. The zero-order valence-electron chi connectivity index (χ0n) is 11.2. The van der Waals surface area contributed by atoms with E-state index in [9.17, 15) is 0 Å². The van der Waals surface area contributed by atoms with E-state index < -0.39 is 0 Å². The van der Waals surface area contributed by atoms with Crippen LogP contribution in [0.25, 0.3) is 0 Å². The van der Waals surface area contributed by atoms with Crippen molar-refractivity contribution in [2.75, 3.05) is 13.3 Å². The summed E-state index contributed by atoms with van der Waals surface area (Å²) in [6.07, 6.45) is 13.1. The van der Waals surface area contributed by atoms with Gasteiger partial charge in [0.25, 0.3) is 0 Å². The Morgan fingerprint density at radius 1 is 1.56 bits per heavy atom. The Balaban J connectivity index is 2.35. The number of hydrogen-bond acceptors (Lipinski definition) is 3. The minimum absolute atomic E-state index is 1.14. The van der Waals surface area contributed by atoms with Crippen molar-refractivity contribution < 1.29 is 0 Å². The van der Waals surface area contributed by atoms with Gasteiger partial charge in [0, 0.05) is 27.5 Å². The first-order valence-corrected chi connectivity index (χ1v) is 8.11. The third kappa shape index (κ3) is 2.62. The lowest BCUT2D eigenvalue weighted by Crippen LogP contribution is -2.22. The van der Waals surface area contributed by atoms with E-state index in [1.165, 1.54) is 26.1 Å². The van der Waals surface area contributed by atoms with E-state index in [4.69, 9.17) is 0 Å². The van der Waals surface area contributed by atoms with E-state index in [0.717, 1.165) is 12.8 Å². The fourth-order valence-electron chi connectivity index (χ4n) is 2.19. The summed E-state index contributed by atoms with van der Waals surface area (Å²) in [6, 6.07) is 0. The molecule has 0 N–H and O–H groups in total. The molecule has 3 heteroatoms. The molecule has 1 nitrogen and oxygen atoms in total. The molecule has 96 valence electrons. The SMILES string of the molecule is C=C/C(=C\C1=C(C)SC2=C(CCC=C2)N1C)SC. The van der Waals surface area contributed by atoms with Gasteiger partial charge in [-0.2, -0.15) is 0 Å². The highest BCUT2D eigenvalue weighted by Crippen LogP contribution is 2.42. The van der Waals surface area contributed by atoms with Crippen molar-refractivity contribution >= 4 is 23.5 Å². The number of hydrogen-bond donors (Lipinski definition) is 0. The van der Waals surface area contributed by atoms with Crippen LogP contribution in [0.4, 0.5) is 0 Å². The Labute approximate surface area is 118 Å². The van der Waals surface area contributed by atoms with Crippen LogP contribution in [0.15, 0.2) is 57.0 Å². The summed E-state index contributed by atoms with van der Waals surface area (Å²) in [5.74, 6) is 0. The van der Waals surface area contributed by atoms with Gasteiger partial charge in [0.1, 0.15) is 0 Å². The summed E-state index contributed by atoms with van der Waals surface area (Å²) < 4.78 is 0. The third-order valence-corrected chi connectivity index (χ3v) is 5.07. The maximum atomic E-state index is 3.87. The molecule has 0 unspecified atom stereocenters. The zero-order chi connectivity index (χ0) is 13.1. The van der Waals surface area contributed by atoms with Gasteiger partial charge in [-0.25, -0.2) is 0 Å². The third-order valence-electron chi connectivity index (χ3n) is 3.21. The molecule has 0 bridgehead atoms. The van der Waals surface area contributed by atoms with Gasteiger partial charge in [0.2, 0.25) is 0 Å². The van der Waals surface area contributed by atoms with Gasteiger partial charge in [-0.05, 0) is 32.1 Å². The van der Waals surface area contributed by atoms with Crippen LogP contribution in [0.1, 0.15) is 19.8 Å². The van der Waals surface area contributed by atoms with Crippen LogP contribution in [-0.2, 0) is 0 Å². The zero-order valence-corrected chi connectivity index (χ0v) is 12.8. The standard InChI is InChI=1S/C15H19NS2/c1-5-12(17-4)10-14-11(2)18-15-9-7-6-8-13(15)16(14)3/h5,7,9-10H,1,6,8H2,2-4H3/b12-10+. The maximum Gasteiger partial charge on any atom is 0.0514 e. The topological polar surface area (TPSA) is 3.24 Å². The average Bonchev–Trinajstić information content (AvgIpc) is 2.39. The summed E-state index contributed by atoms with van der Waals surface area (Å²) in [4.78, 5) is 6.32. The van der Waals surface area contributed by atoms with Crippen LogP contribution in [0.2, 0.25) is 0 Å². The minimum atomic E-state index is 1.14. The summed E-state index contributed by atoms with van der Waals surface area (Å²) in [6.45, 7) is 6.06. The molecule has 1 heterocycles. The Hall–Kier alpha value is -0.800. The number of nitrogens with zero attached hydrogens (tertiary/aromatic N) is 1. The van der Waals surface area contributed by atoms with Crippen molar-refractivity contribution in [1.29, 1.82) is 0 Å². The first kappa shape index (κ1) is 13.6. The lowest BCUT2D eigenvalue weighted by molar-refractivity contribution is 0.501. The minimum Gasteiger partial charge on any atom is -0.346 e. The lowest BCUT2D eigenvalue weighted by Gasteiger charge is -2.33. The second kappa shape index (κ2) is 5.89. The molecule has 0 saturated carbocycles. The van der Waals surface area contributed by atoms with Crippen molar-refractivity contribution in [3.05, 3.63) is 57.0 Å². The molecule has 0 radical (unpaired) electrons. The van der Waals surface area contributed by atoms with Gasteiger partial charge in [0.05, 0.1) is 5.70 Å². The first-order valence-electron chi connectivity index (χ1n) is 6.07. The van der Waals surface area contributed by atoms with Crippen LogP contribution in [-0.4, -0.2) is 18.2 Å². The molecule has 0 saturated heterocycles. The van der Waals surface area contributed by atoms with E-state index >= 15 is 0 Å². The Bertz CT molecular complexity index is 481. The van der Waals surface area contributed by atoms with Gasteiger partial charge in [0.15, 0.2) is 0 Å². The van der Waals surface area contributed by atoms with Gasteiger partial charge in [-0.15, -0.1) is 11.8 Å². The Morgan fingerprint density at radius 2 is 2.33 bits per heavy atom. The van der Waals surface area contributed by atoms with Crippen molar-refractivity contribution in [1.82, 2.24) is 4.90 Å². The van der Waals surface area contributed by atoms with Crippen LogP contribution in [0.3, 0.4) is 0 Å². The number of thioether (sulfide) groups is 2. The Kier molecular flexibility index (Phi) is 4.46. The largest absolute Gasteiger partial charge is 0.346 e. The molecule has 0 fully saturated rings. The predicted molar refractivity (Wildman–Crippen MR) is 85.2 cm³/mol. The fourth-order valence-corrected chi connectivity index (χ4v) is 3.74. The molecule has 18 heavy (non-hydrogen) atoms. The average molecular weight is 277 g/mol. The van der Waals surface area contributed by atoms with E-state index in [-0.39, 0.29) is 0 Å². The second-order valence-corrected chi connectivity index (χ2v) is 6.45. The van der Waals surface area contributed by atoms with Crippen molar-refractivity contribution in [3.8, 4) is 0 Å². The molecule has 0 aromatic carbocycles. The smallest absolute Gasteiger partial charge is 0.0514 e. The molecule has 2 aliphatic rings. The molecule has 0 atom stereocenters. The van der Waals surface area contributed by atoms with E-state index in [1.54, 1.807) is 11.8 Å². The van der Waals surface area contributed by atoms with Crippen LogP contribution in [0.5, 0.6) is 0 Å². The molecule has 1 aliphatic heterocycles. The predicted octanol–water partition coefficient (Wildman–Crippen LogP) is 4.89. The van der Waals surface area contributed by atoms with Gasteiger partial charge in [-0.3, -0.25) is 0 Å². The van der Waals surface area contributed by atoms with Crippen molar-refractivity contribution in [3.63, 3.8) is 0 Å². The van der Waals surface area contributed by atoms with Gasteiger partial charge >= 0.3 is 0 Å². The van der Waals surface area contributed by atoms with Crippen molar-refractivity contribution in [2.24, 2.45) is 0 Å². The van der Waals surface area contributed by atoms with Crippen molar-refractivity contribution in [2.45, 2.75) is 19.8 Å². The Morgan fingerprint density at radius 3 is 3.00 bits per heavy atom. The van der Waals surface area contributed by atoms with E-state index in [1.807, 2.05) is 17.8 Å². The van der Waals surface area contributed by atoms with Crippen LogP contribution < -0.4 is 0 Å². The second-order valence-electron chi connectivity index (χ2n) is 4.31. The molecular formula is C15H19NS2. The van der Waals surface area contributed by atoms with Crippen LogP contribution >= 0.6 is 23.5 Å². The first-order chi connectivity index (χ1) is 8.67. The number of allylic oxidation sites excluding steroid dienone is 6. The van der Waals surface area contributed by atoms with Crippen LogP contribution in [0, 0.1) is 0 Å². The van der Waals surface area contributed by atoms with Gasteiger partial charge < -0.3 is 4.90 Å². The van der Waals surface area contributed by atoms with E-state index in [0.29, 0.717) is 0 Å². The molecule has 0 spiro atoms. The van der Waals surface area contributed by atoms with E-state index in [2.05, 4.69) is 49.9 Å². The highest BCUT2D eigenvalue weighted by Gasteiger charge is 2.22. The summed E-state index contributed by atoms with van der Waals surface area (Å²) >= 11 is 3.63. The monoisotopic (exact) mass is 277 g/mol. The highest BCUT2D eigenvalue weighted by atomic mass is 32.2. The van der Waals surface area contributed by atoms with Gasteiger partial charge in [-0.1, -0.05) is 36.6 Å². The fraction of sp³-hybridized carbons (Fsp3) is 0.333. The lowest BCUT2D eigenvalue weighted by atomic mass is 10.1. The summed E-state index contributed by atoms with van der Waals surface area (Å²) in [7, 11) is 2.17. The normalized spacial score (nSPS) is 20.4. The summed E-state index contributed by atoms with van der Waals surface area (Å²) in [5.41, 5.74) is 2.75. The number of likely N-dealkylation sites (N-methyl/N-ethyl adjacent to an activating group) is 1. The molecular weight excluding hydrogens is 258 g/mol. The molecule has 2 rings (SSSR count). The molecule has 0 amide bonds. The quantitative estimate of drug-likeness (QED) is 0.676. The maximum absolute atomic E-state index is 3.87. The number of rotatable bonds is 3. The molecule has 0 aromatic rings.